The fraction of sp³-hybridized carbons (Fsp3) is 1.00. The molecule has 0 aliphatic heterocycles. The summed E-state index contributed by atoms with van der Waals surface area (Å²) in [5.41, 5.74) is 0. The Kier molecular flexibility index (Phi) is 67.2. The van der Waals surface area contributed by atoms with E-state index < -0.39 is 14.5 Å². The Morgan fingerprint density at radius 2 is 0.203 bits per heavy atom. The molecule has 0 aliphatic carbocycles. The lowest BCUT2D eigenvalue weighted by Gasteiger charge is -2.23. The summed E-state index contributed by atoms with van der Waals surface area (Å²) in [6.45, 7) is 36.5. The zero-order valence-corrected chi connectivity index (χ0v) is 52.6. The average Bonchev–Trinajstić information content (AvgIpc) is 3.47. The Bertz CT molecular complexity index is 1030. The van der Waals surface area contributed by atoms with Gasteiger partial charge in [-0.2, -0.15) is 0 Å². The highest BCUT2D eigenvalue weighted by atomic mass is 31.2. The average molecular weight is 1190 g/mol. The molecule has 0 spiro atoms. The molecular weight excluding hydrogens is 1070 g/mol. The van der Waals surface area contributed by atoms with E-state index >= 15 is 0 Å². The summed E-state index contributed by atoms with van der Waals surface area (Å²) in [4.78, 5) is 0. The Balaban J connectivity index is 3.13. The van der Waals surface area contributed by atoms with E-state index in [2.05, 4.69) is 41.5 Å². The Labute approximate surface area is 480 Å². The molecule has 0 radical (unpaired) electrons. The van der Waals surface area contributed by atoms with Crippen LogP contribution in [0.1, 0.15) is 41.5 Å². The van der Waals surface area contributed by atoms with Gasteiger partial charge in [-0.1, -0.05) is 0 Å². The Hall–Kier alpha value is 0.0200. The first-order valence-electron chi connectivity index (χ1n) is 29.9. The maximum absolute atomic E-state index is 5.78. The van der Waals surface area contributed by atoms with E-state index in [1.165, 1.54) is 49.3 Å². The van der Waals surface area contributed by atoms with E-state index in [9.17, 15) is 0 Å². The second kappa shape index (κ2) is 67.2. The van der Waals surface area contributed by atoms with E-state index in [4.69, 9.17) is 99.5 Å². The summed E-state index contributed by atoms with van der Waals surface area (Å²) in [6, 6.07) is 0. The SMILES string of the molecule is CC[P+](CC)(CC)CCOCCOCCOCCOCCOCCOCCOCCOCCOCCOCCOCCOCCOCCOCCOCCOCCOCCOCCOCCOCCOCC[P+](CC)(CC)CC. The highest BCUT2D eigenvalue weighted by Gasteiger charge is 2.31. The van der Waals surface area contributed by atoms with Crippen LogP contribution in [-0.2, 0) is 99.5 Å². The van der Waals surface area contributed by atoms with Gasteiger partial charge >= 0.3 is 0 Å². The molecule has 0 heterocycles. The molecule has 0 aliphatic rings. The molecule has 0 N–H and O–H groups in total. The first kappa shape index (κ1) is 79.0. The van der Waals surface area contributed by atoms with Crippen LogP contribution in [0.2, 0.25) is 0 Å². The van der Waals surface area contributed by atoms with Crippen LogP contribution in [0.4, 0.5) is 0 Å². The molecule has 0 atom stereocenters. The summed E-state index contributed by atoms with van der Waals surface area (Å²) in [5.74, 6) is 0. The minimum atomic E-state index is -0.785. The monoisotopic (exact) mass is 1190 g/mol. The molecule has 0 saturated heterocycles. The van der Waals surface area contributed by atoms with Gasteiger partial charge in [-0.25, -0.2) is 0 Å². The zero-order valence-electron chi connectivity index (χ0n) is 50.8. The molecular formula is C56H118O21P2+2. The van der Waals surface area contributed by atoms with Crippen molar-refractivity contribution in [2.75, 3.05) is 327 Å². The van der Waals surface area contributed by atoms with Gasteiger partial charge in [0.25, 0.3) is 0 Å². The predicted octanol–water partition coefficient (Wildman–Crippen LogP) is 5.49. The van der Waals surface area contributed by atoms with Gasteiger partial charge in [-0.3, -0.25) is 0 Å². The second-order valence-corrected chi connectivity index (χ2v) is 27.9. The first-order chi connectivity index (χ1) is 39.1. The molecule has 0 bridgehead atoms. The maximum atomic E-state index is 5.78. The highest BCUT2D eigenvalue weighted by molar-refractivity contribution is 7.76. The van der Waals surface area contributed by atoms with E-state index in [0.29, 0.717) is 264 Å². The van der Waals surface area contributed by atoms with Gasteiger partial charge in [0.2, 0.25) is 0 Å². The van der Waals surface area contributed by atoms with E-state index in [-0.39, 0.29) is 0 Å². The van der Waals surface area contributed by atoms with Crippen molar-refractivity contribution in [1.82, 2.24) is 0 Å². The number of hydrogen-bond donors (Lipinski definition) is 0. The Morgan fingerprint density at radius 1 is 0.127 bits per heavy atom. The molecule has 0 unspecified atom stereocenters. The maximum Gasteiger partial charge on any atom is 0.0827 e. The van der Waals surface area contributed by atoms with E-state index in [1.54, 1.807) is 0 Å². The van der Waals surface area contributed by atoms with Crippen LogP contribution >= 0.6 is 14.5 Å². The van der Waals surface area contributed by atoms with Gasteiger partial charge in [0.1, 0.15) is 0 Å². The first-order valence-corrected chi connectivity index (χ1v) is 35.0. The molecule has 23 heteroatoms. The largest absolute Gasteiger partial charge is 0.377 e. The highest BCUT2D eigenvalue weighted by Crippen LogP contribution is 2.58. The lowest BCUT2D eigenvalue weighted by atomic mass is 10.6. The van der Waals surface area contributed by atoms with Crippen LogP contribution in [0.15, 0.2) is 0 Å². The summed E-state index contributed by atoms with van der Waals surface area (Å²) >= 11 is 0. The van der Waals surface area contributed by atoms with Gasteiger partial charge in [-0.05, 0) is 41.5 Å². The van der Waals surface area contributed by atoms with Gasteiger partial charge in [0, 0.05) is 14.5 Å². The third-order valence-corrected chi connectivity index (χ3v) is 23.2. The normalized spacial score (nSPS) is 12.2. The summed E-state index contributed by atoms with van der Waals surface area (Å²) in [5, 5.41) is 0. The summed E-state index contributed by atoms with van der Waals surface area (Å²) in [7, 11) is -1.57. The minimum absolute atomic E-state index is 0.494. The number of hydrogen-bond acceptors (Lipinski definition) is 21. The van der Waals surface area contributed by atoms with Crippen molar-refractivity contribution in [2.24, 2.45) is 0 Å². The molecule has 0 fully saturated rings. The standard InChI is InChI=1S/C56H118O21P2/c1-7-78(8-2,9-3)55-53-76-51-49-74-47-45-72-43-41-70-39-37-68-35-33-66-31-29-64-27-25-62-23-21-60-19-17-58-15-13-57-14-16-59-18-20-61-22-24-63-26-28-65-30-32-67-34-36-69-38-40-71-42-44-73-46-48-75-50-52-77-54-56-79(10-4,11-5)12-6/h7-56H2,1-6H3/q+2. The van der Waals surface area contributed by atoms with Crippen LogP contribution < -0.4 is 0 Å². The minimum Gasteiger partial charge on any atom is -0.377 e. The fourth-order valence-electron chi connectivity index (χ4n) is 7.31. The van der Waals surface area contributed by atoms with Crippen LogP contribution in [-0.4, -0.2) is 327 Å². The molecule has 21 nitrogen and oxygen atoms in total. The second-order valence-electron chi connectivity index (χ2n) is 17.9. The summed E-state index contributed by atoms with van der Waals surface area (Å²) in [6.07, 6.45) is 10.3. The van der Waals surface area contributed by atoms with Crippen molar-refractivity contribution in [1.29, 1.82) is 0 Å². The molecule has 79 heavy (non-hydrogen) atoms. The topological polar surface area (TPSA) is 194 Å². The third kappa shape index (κ3) is 58.2. The van der Waals surface area contributed by atoms with Gasteiger partial charge in [-0.15, -0.1) is 0 Å². The zero-order chi connectivity index (χ0) is 57.2. The van der Waals surface area contributed by atoms with Crippen LogP contribution in [0.3, 0.4) is 0 Å². The van der Waals surface area contributed by atoms with E-state index in [0.717, 1.165) is 13.2 Å². The molecule has 0 rings (SSSR count). The third-order valence-electron chi connectivity index (χ3n) is 12.9. The lowest BCUT2D eigenvalue weighted by molar-refractivity contribution is -0.0315. The molecule has 476 valence electrons. The quantitative estimate of drug-likeness (QED) is 0.0548. The van der Waals surface area contributed by atoms with Crippen molar-refractivity contribution in [3.8, 4) is 0 Å². The van der Waals surface area contributed by atoms with Crippen molar-refractivity contribution < 1.29 is 99.5 Å². The smallest absolute Gasteiger partial charge is 0.0827 e. The molecule has 0 aromatic rings. The fourth-order valence-corrected chi connectivity index (χ4v) is 12.9. The van der Waals surface area contributed by atoms with Crippen molar-refractivity contribution in [3.63, 3.8) is 0 Å². The Morgan fingerprint density at radius 3 is 0.278 bits per heavy atom. The van der Waals surface area contributed by atoms with Crippen molar-refractivity contribution in [2.45, 2.75) is 41.5 Å². The predicted molar refractivity (Wildman–Crippen MR) is 314 cm³/mol. The summed E-state index contributed by atoms with van der Waals surface area (Å²) < 4.78 is 117. The van der Waals surface area contributed by atoms with Crippen molar-refractivity contribution >= 4 is 14.5 Å². The molecule has 0 saturated carbocycles. The van der Waals surface area contributed by atoms with Crippen LogP contribution in [0.5, 0.6) is 0 Å². The van der Waals surface area contributed by atoms with E-state index in [1.807, 2.05) is 0 Å². The molecule has 0 aromatic carbocycles. The number of rotatable bonds is 72. The van der Waals surface area contributed by atoms with Gasteiger partial charge in [0.15, 0.2) is 0 Å². The van der Waals surface area contributed by atoms with Gasteiger partial charge < -0.3 is 99.5 Å². The number of ether oxygens (including phenoxy) is 21. The lowest BCUT2D eigenvalue weighted by Crippen LogP contribution is -2.16. The van der Waals surface area contributed by atoms with Crippen LogP contribution in [0, 0.1) is 0 Å². The van der Waals surface area contributed by atoms with Crippen LogP contribution in [0.25, 0.3) is 0 Å². The molecule has 0 amide bonds. The van der Waals surface area contributed by atoms with Gasteiger partial charge in [0.05, 0.1) is 327 Å². The van der Waals surface area contributed by atoms with Crippen molar-refractivity contribution in [3.05, 3.63) is 0 Å². The molecule has 0 aromatic heterocycles.